The molecule has 7 nitrogen and oxygen atoms in total. The van der Waals surface area contributed by atoms with Crippen LogP contribution >= 0.6 is 23.2 Å². The highest BCUT2D eigenvalue weighted by atomic mass is 35.5. The zero-order valence-electron chi connectivity index (χ0n) is 23.1. The van der Waals surface area contributed by atoms with Crippen LogP contribution in [0.15, 0.2) is 77.7 Å². The van der Waals surface area contributed by atoms with Gasteiger partial charge in [0.2, 0.25) is 11.8 Å². The molecule has 3 rings (SSSR count). The number of hydrogen-bond acceptors (Lipinski definition) is 4. The number of halogens is 2. The van der Waals surface area contributed by atoms with Gasteiger partial charge in [0.25, 0.3) is 10.0 Å². The zero-order valence-corrected chi connectivity index (χ0v) is 25.4. The number of benzene rings is 3. The molecule has 3 aromatic rings. The van der Waals surface area contributed by atoms with E-state index >= 15 is 0 Å². The van der Waals surface area contributed by atoms with E-state index in [1.54, 1.807) is 18.2 Å². The molecular formula is C30H35Cl2N3O4S. The third-order valence-corrected chi connectivity index (χ3v) is 8.87. The van der Waals surface area contributed by atoms with Crippen LogP contribution in [-0.2, 0) is 26.2 Å². The van der Waals surface area contributed by atoms with Gasteiger partial charge < -0.3 is 10.2 Å². The van der Waals surface area contributed by atoms with E-state index < -0.39 is 28.5 Å². The summed E-state index contributed by atoms with van der Waals surface area (Å²) in [5.41, 5.74) is 2.06. The van der Waals surface area contributed by atoms with E-state index in [1.807, 2.05) is 52.0 Å². The molecule has 40 heavy (non-hydrogen) atoms. The molecule has 0 aliphatic heterocycles. The first kappa shape index (κ1) is 31.5. The van der Waals surface area contributed by atoms with Crippen molar-refractivity contribution in [1.82, 2.24) is 10.2 Å². The number of nitrogens with one attached hydrogen (secondary N) is 1. The topological polar surface area (TPSA) is 86.8 Å². The number of sulfonamides is 1. The van der Waals surface area contributed by atoms with E-state index in [1.165, 1.54) is 35.2 Å². The van der Waals surface area contributed by atoms with E-state index in [-0.39, 0.29) is 39.0 Å². The molecule has 1 atom stereocenters. The Morgan fingerprint density at radius 1 is 0.925 bits per heavy atom. The summed E-state index contributed by atoms with van der Waals surface area (Å²) >= 11 is 12.3. The number of anilines is 1. The highest BCUT2D eigenvalue weighted by Gasteiger charge is 2.33. The minimum absolute atomic E-state index is 0.0145. The predicted octanol–water partition coefficient (Wildman–Crippen LogP) is 6.08. The van der Waals surface area contributed by atoms with E-state index in [2.05, 4.69) is 5.32 Å². The fraction of sp³-hybridized carbons (Fsp3) is 0.333. The molecule has 0 aliphatic carbocycles. The van der Waals surface area contributed by atoms with E-state index in [9.17, 15) is 18.0 Å². The fourth-order valence-corrected chi connectivity index (χ4v) is 5.84. The Hall–Kier alpha value is -3.07. The van der Waals surface area contributed by atoms with Gasteiger partial charge in [0.15, 0.2) is 0 Å². The van der Waals surface area contributed by atoms with Gasteiger partial charge in [-0.1, -0.05) is 92.0 Å². The molecule has 3 aromatic carbocycles. The number of aryl methyl sites for hydroxylation is 1. The van der Waals surface area contributed by atoms with Crippen LogP contribution in [0.4, 0.5) is 5.69 Å². The van der Waals surface area contributed by atoms with Gasteiger partial charge in [0.1, 0.15) is 12.6 Å². The molecule has 0 heterocycles. The molecule has 0 aliphatic rings. The maximum Gasteiger partial charge on any atom is 0.264 e. The summed E-state index contributed by atoms with van der Waals surface area (Å²) in [6, 6.07) is 19.1. The average Bonchev–Trinajstić information content (AvgIpc) is 2.93. The lowest BCUT2D eigenvalue weighted by Gasteiger charge is -2.33. The lowest BCUT2D eigenvalue weighted by atomic mass is 10.1. The van der Waals surface area contributed by atoms with Crippen LogP contribution in [0, 0.1) is 12.8 Å². The molecule has 0 saturated heterocycles. The predicted molar refractivity (Wildman–Crippen MR) is 161 cm³/mol. The van der Waals surface area contributed by atoms with Crippen LogP contribution in [0.5, 0.6) is 0 Å². The molecule has 0 bridgehead atoms. The lowest BCUT2D eigenvalue weighted by Crippen LogP contribution is -2.52. The minimum Gasteiger partial charge on any atom is -0.354 e. The fourth-order valence-electron chi connectivity index (χ4n) is 4.12. The van der Waals surface area contributed by atoms with E-state index in [0.717, 1.165) is 15.4 Å². The van der Waals surface area contributed by atoms with E-state index in [0.29, 0.717) is 13.0 Å². The first-order valence-electron chi connectivity index (χ1n) is 13.1. The SMILES string of the molecule is CC[C@H](C(=O)NCC(C)C)N(Cc1ccc(C)cc1)C(=O)CN(c1ccc(Cl)c(Cl)c1)S(=O)(=O)c1ccccc1. The maximum absolute atomic E-state index is 14.1. The van der Waals surface area contributed by atoms with Crippen LogP contribution < -0.4 is 9.62 Å². The van der Waals surface area contributed by atoms with Crippen molar-refractivity contribution in [2.75, 3.05) is 17.4 Å². The summed E-state index contributed by atoms with van der Waals surface area (Å²) in [6.07, 6.45) is 0.347. The molecule has 10 heteroatoms. The summed E-state index contributed by atoms with van der Waals surface area (Å²) in [4.78, 5) is 28.8. The molecule has 0 fully saturated rings. The van der Waals surface area contributed by atoms with Crippen molar-refractivity contribution in [3.8, 4) is 0 Å². The quantitative estimate of drug-likeness (QED) is 0.272. The summed E-state index contributed by atoms with van der Waals surface area (Å²) in [5.74, 6) is -0.592. The van der Waals surface area contributed by atoms with Gasteiger partial charge >= 0.3 is 0 Å². The second-order valence-electron chi connectivity index (χ2n) is 9.99. The first-order valence-corrected chi connectivity index (χ1v) is 15.3. The highest BCUT2D eigenvalue weighted by Crippen LogP contribution is 2.31. The van der Waals surface area contributed by atoms with Crippen molar-refractivity contribution in [2.45, 2.75) is 51.6 Å². The van der Waals surface area contributed by atoms with Crippen LogP contribution in [0.3, 0.4) is 0 Å². The normalized spacial score (nSPS) is 12.2. The Morgan fingerprint density at radius 2 is 1.57 bits per heavy atom. The van der Waals surface area contributed by atoms with Gasteiger partial charge in [0, 0.05) is 13.1 Å². The Kier molecular flexibility index (Phi) is 11.0. The van der Waals surface area contributed by atoms with Crippen molar-refractivity contribution < 1.29 is 18.0 Å². The van der Waals surface area contributed by atoms with Crippen LogP contribution in [-0.4, -0.2) is 44.3 Å². The number of hydrogen-bond donors (Lipinski definition) is 1. The standard InChI is InChI=1S/C30H35Cl2N3O4S/c1-5-28(30(37)33-18-21(2)3)34(19-23-13-11-22(4)12-14-23)29(36)20-35(24-15-16-26(31)27(32)17-24)40(38,39)25-9-7-6-8-10-25/h6-17,21,28H,5,18-20H2,1-4H3,(H,33,37)/t28-/m1/s1. The molecule has 0 saturated carbocycles. The van der Waals surface area contributed by atoms with Crippen molar-refractivity contribution in [3.63, 3.8) is 0 Å². The van der Waals surface area contributed by atoms with Gasteiger partial charge in [0.05, 0.1) is 20.6 Å². The van der Waals surface area contributed by atoms with Crippen molar-refractivity contribution in [2.24, 2.45) is 5.92 Å². The second kappa shape index (κ2) is 14.0. The Balaban J connectivity index is 2.05. The number of nitrogens with zero attached hydrogens (tertiary/aromatic N) is 2. The first-order chi connectivity index (χ1) is 18.9. The summed E-state index contributed by atoms with van der Waals surface area (Å²) in [6.45, 7) is 7.80. The molecule has 214 valence electrons. The molecule has 0 spiro atoms. The van der Waals surface area contributed by atoms with Crippen LogP contribution in [0.2, 0.25) is 10.0 Å². The molecular weight excluding hydrogens is 569 g/mol. The second-order valence-corrected chi connectivity index (χ2v) is 12.7. The zero-order chi connectivity index (χ0) is 29.4. The number of carbonyl (C=O) groups is 2. The third kappa shape index (κ3) is 7.99. The summed E-state index contributed by atoms with van der Waals surface area (Å²) in [7, 11) is -4.18. The maximum atomic E-state index is 14.1. The number of carbonyl (C=O) groups excluding carboxylic acids is 2. The summed E-state index contributed by atoms with van der Waals surface area (Å²) < 4.78 is 28.7. The largest absolute Gasteiger partial charge is 0.354 e. The molecule has 0 radical (unpaired) electrons. The third-order valence-electron chi connectivity index (χ3n) is 6.35. The Labute approximate surface area is 247 Å². The van der Waals surface area contributed by atoms with Crippen molar-refractivity contribution >= 4 is 50.7 Å². The number of amides is 2. The smallest absolute Gasteiger partial charge is 0.264 e. The number of rotatable bonds is 12. The van der Waals surface area contributed by atoms with Gasteiger partial charge in [-0.2, -0.15) is 0 Å². The van der Waals surface area contributed by atoms with Gasteiger partial charge in [-0.15, -0.1) is 0 Å². The lowest BCUT2D eigenvalue weighted by molar-refractivity contribution is -0.140. The monoisotopic (exact) mass is 603 g/mol. The molecule has 1 N–H and O–H groups in total. The average molecular weight is 605 g/mol. The molecule has 2 amide bonds. The van der Waals surface area contributed by atoms with Crippen LogP contribution in [0.1, 0.15) is 38.3 Å². The van der Waals surface area contributed by atoms with Crippen LogP contribution in [0.25, 0.3) is 0 Å². The van der Waals surface area contributed by atoms with Gasteiger partial charge in [-0.3, -0.25) is 13.9 Å². The minimum atomic E-state index is -4.18. The van der Waals surface area contributed by atoms with Crippen molar-refractivity contribution in [1.29, 1.82) is 0 Å². The Morgan fingerprint density at radius 3 is 2.15 bits per heavy atom. The van der Waals surface area contributed by atoms with E-state index in [4.69, 9.17) is 23.2 Å². The van der Waals surface area contributed by atoms with Gasteiger partial charge in [-0.05, 0) is 55.2 Å². The highest BCUT2D eigenvalue weighted by molar-refractivity contribution is 7.92. The molecule has 0 unspecified atom stereocenters. The Bertz CT molecular complexity index is 1410. The van der Waals surface area contributed by atoms with Crippen molar-refractivity contribution in [3.05, 3.63) is 94.0 Å². The molecule has 0 aromatic heterocycles. The summed E-state index contributed by atoms with van der Waals surface area (Å²) in [5, 5.41) is 3.32. The van der Waals surface area contributed by atoms with Gasteiger partial charge in [-0.25, -0.2) is 8.42 Å².